The van der Waals surface area contributed by atoms with Gasteiger partial charge in [-0.25, -0.2) is 4.98 Å². The number of nitrogens with zero attached hydrogens (tertiary/aromatic N) is 2. The highest BCUT2D eigenvalue weighted by molar-refractivity contribution is 6.33. The van der Waals surface area contributed by atoms with Gasteiger partial charge in [-0.1, -0.05) is 30.9 Å². The highest BCUT2D eigenvalue weighted by atomic mass is 35.5. The highest BCUT2D eigenvalue weighted by Crippen LogP contribution is 2.31. The first-order valence-electron chi connectivity index (χ1n) is 11.0. The number of hydrogen-bond acceptors (Lipinski definition) is 5. The molecule has 0 aromatic carbocycles. The third kappa shape index (κ3) is 5.61. The van der Waals surface area contributed by atoms with E-state index < -0.39 is 0 Å². The molecular weight excluding hydrogens is 382 g/mol. The Kier molecular flexibility index (Phi) is 6.88. The van der Waals surface area contributed by atoms with Gasteiger partial charge in [0.2, 0.25) is 0 Å². The molecule has 4 N–H and O–H groups in total. The molecule has 0 saturated heterocycles. The first kappa shape index (κ1) is 20.4. The lowest BCUT2D eigenvalue weighted by Gasteiger charge is -2.27. The van der Waals surface area contributed by atoms with E-state index in [1.807, 2.05) is 18.5 Å². The van der Waals surface area contributed by atoms with E-state index in [1.54, 1.807) is 6.20 Å². The van der Waals surface area contributed by atoms with Crippen molar-refractivity contribution in [3.8, 4) is 11.1 Å². The van der Waals surface area contributed by atoms with Gasteiger partial charge in [0, 0.05) is 48.3 Å². The predicted octanol–water partition coefficient (Wildman–Crippen LogP) is 5.47. The Morgan fingerprint density at radius 3 is 2.55 bits per heavy atom. The van der Waals surface area contributed by atoms with Crippen LogP contribution >= 0.6 is 11.6 Å². The summed E-state index contributed by atoms with van der Waals surface area (Å²) in [6.07, 6.45) is 16.6. The van der Waals surface area contributed by atoms with Crippen molar-refractivity contribution in [3.05, 3.63) is 35.7 Å². The van der Waals surface area contributed by atoms with E-state index in [2.05, 4.69) is 26.7 Å². The van der Waals surface area contributed by atoms with Crippen LogP contribution in [0.1, 0.15) is 57.8 Å². The van der Waals surface area contributed by atoms with Crippen LogP contribution < -0.4 is 16.4 Å². The highest BCUT2D eigenvalue weighted by Gasteiger charge is 2.19. The molecule has 0 unspecified atom stereocenters. The predicted molar refractivity (Wildman–Crippen MR) is 121 cm³/mol. The third-order valence-electron chi connectivity index (χ3n) is 6.35. The summed E-state index contributed by atoms with van der Waals surface area (Å²) in [5, 5.41) is 7.79. The first-order chi connectivity index (χ1) is 14.2. The molecule has 6 heteroatoms. The van der Waals surface area contributed by atoms with Gasteiger partial charge in [-0.05, 0) is 56.6 Å². The normalized spacial score (nSPS) is 23.0. The van der Waals surface area contributed by atoms with Gasteiger partial charge in [-0.3, -0.25) is 4.98 Å². The van der Waals surface area contributed by atoms with E-state index in [1.165, 1.54) is 32.1 Å². The second kappa shape index (κ2) is 9.77. The van der Waals surface area contributed by atoms with Gasteiger partial charge >= 0.3 is 0 Å². The average molecular weight is 414 g/mol. The molecule has 0 atom stereocenters. The van der Waals surface area contributed by atoms with Gasteiger partial charge in [-0.2, -0.15) is 0 Å². The average Bonchev–Trinajstić information content (AvgIpc) is 2.76. The molecule has 29 heavy (non-hydrogen) atoms. The Balaban J connectivity index is 1.44. The maximum atomic E-state index is 6.49. The van der Waals surface area contributed by atoms with E-state index in [0.717, 1.165) is 60.8 Å². The summed E-state index contributed by atoms with van der Waals surface area (Å²) < 4.78 is 0. The molecule has 2 heterocycles. The van der Waals surface area contributed by atoms with Crippen LogP contribution in [0, 0.1) is 5.92 Å². The lowest BCUT2D eigenvalue weighted by Crippen LogP contribution is -2.33. The Morgan fingerprint density at radius 2 is 1.76 bits per heavy atom. The van der Waals surface area contributed by atoms with E-state index in [4.69, 9.17) is 17.3 Å². The number of aromatic nitrogens is 2. The van der Waals surface area contributed by atoms with Crippen molar-refractivity contribution >= 4 is 23.1 Å². The number of hydrogen-bond donors (Lipinski definition) is 3. The van der Waals surface area contributed by atoms with E-state index >= 15 is 0 Å². The number of rotatable bonds is 6. The topological polar surface area (TPSA) is 75.9 Å². The lowest BCUT2D eigenvalue weighted by atomic mass is 9.89. The number of pyridine rings is 2. The van der Waals surface area contributed by atoms with Gasteiger partial charge in [-0.15, -0.1) is 0 Å². The van der Waals surface area contributed by atoms with Crippen molar-refractivity contribution in [2.24, 2.45) is 11.7 Å². The fraction of sp³-hybridized carbons (Fsp3) is 0.565. The lowest BCUT2D eigenvalue weighted by molar-refractivity contribution is 0.373. The molecule has 156 valence electrons. The Hall–Kier alpha value is -1.85. The minimum absolute atomic E-state index is 0.344. The van der Waals surface area contributed by atoms with Gasteiger partial charge in [0.05, 0.1) is 10.7 Å². The molecule has 0 bridgehead atoms. The fourth-order valence-electron chi connectivity index (χ4n) is 4.55. The third-order valence-corrected chi connectivity index (χ3v) is 6.65. The summed E-state index contributed by atoms with van der Waals surface area (Å²) >= 11 is 6.49. The summed E-state index contributed by atoms with van der Waals surface area (Å²) in [6.45, 7) is 1.02. The van der Waals surface area contributed by atoms with Crippen LogP contribution in [-0.4, -0.2) is 28.6 Å². The maximum absolute atomic E-state index is 6.49. The van der Waals surface area contributed by atoms with Gasteiger partial charge in [0.15, 0.2) is 0 Å². The maximum Gasteiger partial charge on any atom is 0.126 e. The zero-order chi connectivity index (χ0) is 20.1. The Labute approximate surface area is 178 Å². The SMILES string of the molecule is N[C@H]1CC[C@H](Nc2cc(-c3cncc(NCC4CCCCC4)c3)c(Cl)cn2)CC1. The molecule has 0 radical (unpaired) electrons. The minimum Gasteiger partial charge on any atom is -0.384 e. The second-order valence-corrected chi connectivity index (χ2v) is 9.06. The Bertz CT molecular complexity index is 798. The minimum atomic E-state index is 0.344. The van der Waals surface area contributed by atoms with Gasteiger partial charge < -0.3 is 16.4 Å². The second-order valence-electron chi connectivity index (χ2n) is 8.65. The standard InChI is InChI=1S/C23H32ClN5/c24-22-15-28-23(29-19-8-6-18(25)7-9-19)11-21(22)17-10-20(14-26-13-17)27-12-16-4-2-1-3-5-16/h10-11,13-16,18-19,27H,1-9,12,25H2,(H,28,29)/t18-,19-. The van der Waals surface area contributed by atoms with Crippen LogP contribution in [0.15, 0.2) is 30.7 Å². The molecule has 4 rings (SSSR count). The summed E-state index contributed by atoms with van der Waals surface area (Å²) in [5.74, 6) is 1.64. The summed E-state index contributed by atoms with van der Waals surface area (Å²) in [5.41, 5.74) is 9.05. The van der Waals surface area contributed by atoms with Crippen molar-refractivity contribution in [3.63, 3.8) is 0 Å². The fourth-order valence-corrected chi connectivity index (χ4v) is 4.76. The zero-order valence-corrected chi connectivity index (χ0v) is 17.8. The van der Waals surface area contributed by atoms with Crippen molar-refractivity contribution in [2.75, 3.05) is 17.2 Å². The molecule has 2 aliphatic rings. The van der Waals surface area contributed by atoms with Crippen LogP contribution in [0.5, 0.6) is 0 Å². The number of nitrogens with two attached hydrogens (primary N) is 1. The first-order valence-corrected chi connectivity index (χ1v) is 11.4. The van der Waals surface area contributed by atoms with Gasteiger partial charge in [0.1, 0.15) is 5.82 Å². The number of anilines is 2. The number of nitrogens with one attached hydrogen (secondary N) is 2. The molecule has 0 aliphatic heterocycles. The van der Waals surface area contributed by atoms with Crippen molar-refractivity contribution in [2.45, 2.75) is 69.9 Å². The molecule has 2 aromatic rings. The summed E-state index contributed by atoms with van der Waals surface area (Å²) in [7, 11) is 0. The quantitative estimate of drug-likeness (QED) is 0.585. The molecule has 0 spiro atoms. The van der Waals surface area contributed by atoms with Crippen molar-refractivity contribution < 1.29 is 0 Å². The van der Waals surface area contributed by atoms with Crippen LogP contribution in [-0.2, 0) is 0 Å². The van der Waals surface area contributed by atoms with Crippen LogP contribution in [0.2, 0.25) is 5.02 Å². The van der Waals surface area contributed by atoms with Crippen molar-refractivity contribution in [1.82, 2.24) is 9.97 Å². The van der Waals surface area contributed by atoms with Gasteiger partial charge in [0.25, 0.3) is 0 Å². The largest absolute Gasteiger partial charge is 0.384 e. The molecule has 0 amide bonds. The molecule has 2 saturated carbocycles. The van der Waals surface area contributed by atoms with E-state index in [-0.39, 0.29) is 0 Å². The monoisotopic (exact) mass is 413 g/mol. The van der Waals surface area contributed by atoms with E-state index in [9.17, 15) is 0 Å². The van der Waals surface area contributed by atoms with Crippen LogP contribution in [0.4, 0.5) is 11.5 Å². The summed E-state index contributed by atoms with van der Waals surface area (Å²) in [4.78, 5) is 8.93. The molecule has 2 aliphatic carbocycles. The molecule has 2 fully saturated rings. The Morgan fingerprint density at radius 1 is 0.966 bits per heavy atom. The molecule has 2 aromatic heterocycles. The summed E-state index contributed by atoms with van der Waals surface area (Å²) in [6, 6.07) is 4.95. The van der Waals surface area contributed by atoms with Crippen molar-refractivity contribution in [1.29, 1.82) is 0 Å². The van der Waals surface area contributed by atoms with Crippen LogP contribution in [0.3, 0.4) is 0 Å². The van der Waals surface area contributed by atoms with E-state index in [0.29, 0.717) is 17.1 Å². The number of halogens is 1. The molecule has 5 nitrogen and oxygen atoms in total. The zero-order valence-electron chi connectivity index (χ0n) is 17.0. The molecular formula is C23H32ClN5. The smallest absolute Gasteiger partial charge is 0.126 e. The van der Waals surface area contributed by atoms with Crippen LogP contribution in [0.25, 0.3) is 11.1 Å².